The van der Waals surface area contributed by atoms with Crippen molar-refractivity contribution in [1.29, 1.82) is 0 Å². The van der Waals surface area contributed by atoms with E-state index in [-0.39, 0.29) is 0 Å². The zero-order valence-corrected chi connectivity index (χ0v) is 25.8. The van der Waals surface area contributed by atoms with Crippen LogP contribution in [0.1, 0.15) is 168 Å². The van der Waals surface area contributed by atoms with Crippen molar-refractivity contribution in [3.05, 3.63) is 23.1 Å². The molecule has 2 spiro atoms. The molecule has 0 radical (unpaired) electrons. The van der Waals surface area contributed by atoms with Crippen molar-refractivity contribution in [3.63, 3.8) is 0 Å². The van der Waals surface area contributed by atoms with Crippen LogP contribution in [0.3, 0.4) is 0 Å². The quantitative estimate of drug-likeness (QED) is 0.325. The van der Waals surface area contributed by atoms with Gasteiger partial charge in [-0.15, -0.1) is 0 Å². The molecule has 5 aliphatic carbocycles. The number of hydrogen-bond acceptors (Lipinski definition) is 0. The lowest BCUT2D eigenvalue weighted by Crippen LogP contribution is -2.40. The smallest absolute Gasteiger partial charge is 0.0199 e. The highest BCUT2D eigenvalue weighted by Crippen LogP contribution is 2.56. The van der Waals surface area contributed by atoms with Crippen LogP contribution in [0.5, 0.6) is 0 Å². The molecule has 5 saturated carbocycles. The van der Waals surface area contributed by atoms with E-state index < -0.39 is 0 Å². The first-order valence-electron chi connectivity index (χ1n) is 17.7. The van der Waals surface area contributed by atoms with Gasteiger partial charge in [0.15, 0.2) is 0 Å². The van der Waals surface area contributed by atoms with E-state index in [9.17, 15) is 0 Å². The van der Waals surface area contributed by atoms with Crippen LogP contribution in [0.15, 0.2) is 23.1 Å². The van der Waals surface area contributed by atoms with Gasteiger partial charge in [-0.1, -0.05) is 70.8 Å². The maximum absolute atomic E-state index is 3.57. The molecule has 5 aliphatic rings. The Kier molecular flexibility index (Phi) is 10.1. The van der Waals surface area contributed by atoms with Gasteiger partial charge in [-0.2, -0.15) is 0 Å². The summed E-state index contributed by atoms with van der Waals surface area (Å²) >= 11 is 0. The van der Waals surface area contributed by atoms with Gasteiger partial charge in [0, 0.05) is 0 Å². The molecule has 38 heavy (non-hydrogen) atoms. The highest BCUT2D eigenvalue weighted by Gasteiger charge is 2.44. The highest BCUT2D eigenvalue weighted by molar-refractivity contribution is 5.06. The van der Waals surface area contributed by atoms with E-state index in [1.54, 1.807) is 69.8 Å². The van der Waals surface area contributed by atoms with E-state index >= 15 is 0 Å². The lowest BCUT2D eigenvalue weighted by atomic mass is 9.55. The molecule has 0 nitrogen and oxygen atoms in total. The average Bonchev–Trinajstić information content (AvgIpc) is 3.07. The Hall–Kier alpha value is -0.700. The summed E-state index contributed by atoms with van der Waals surface area (Å²) in [4.78, 5) is 0. The molecule has 5 atom stereocenters. The van der Waals surface area contributed by atoms with Gasteiger partial charge in [-0.05, 0) is 167 Å². The average molecular weight is 519 g/mol. The second kappa shape index (κ2) is 13.3. The van der Waals surface area contributed by atoms with E-state index in [0.717, 1.165) is 41.9 Å². The van der Waals surface area contributed by atoms with Crippen LogP contribution in [0.25, 0.3) is 0 Å². The minimum absolute atomic E-state index is 0.644. The van der Waals surface area contributed by atoms with Gasteiger partial charge < -0.3 is 0 Å². The van der Waals surface area contributed by atoms with Crippen LogP contribution in [0.2, 0.25) is 0 Å². The molecule has 0 amide bonds. The Morgan fingerprint density at radius 3 is 2.16 bits per heavy atom. The molecule has 0 aromatic rings. The summed E-state index contributed by atoms with van der Waals surface area (Å²) in [6, 6.07) is 0. The third-order valence-corrected chi connectivity index (χ3v) is 13.0. The zero-order chi connectivity index (χ0) is 26.4. The second-order valence-corrected chi connectivity index (χ2v) is 15.7. The molecular weight excluding hydrogens is 456 g/mol. The topological polar surface area (TPSA) is 0 Å². The Labute approximate surface area is 237 Å². The highest BCUT2D eigenvalue weighted by atomic mass is 14.5. The molecule has 0 aliphatic heterocycles. The molecule has 0 aromatic heterocycles. The lowest BCUT2D eigenvalue weighted by Gasteiger charge is -2.50. The third kappa shape index (κ3) is 7.13. The number of unbranched alkanes of at least 4 members (excludes halogenated alkanes) is 1. The molecule has 214 valence electrons. The molecule has 0 aromatic carbocycles. The van der Waals surface area contributed by atoms with Crippen molar-refractivity contribution in [2.24, 2.45) is 46.3 Å². The first kappa shape index (κ1) is 28.8. The Bertz CT molecular complexity index is 833. The summed E-state index contributed by atoms with van der Waals surface area (Å²) in [6.07, 6.45) is 36.1. The largest absolute Gasteiger partial charge is 0.0747 e. The summed E-state index contributed by atoms with van der Waals surface area (Å²) < 4.78 is 0. The maximum atomic E-state index is 3.57. The predicted molar refractivity (Wildman–Crippen MR) is 164 cm³/mol. The maximum Gasteiger partial charge on any atom is -0.0199 e. The molecule has 0 heterocycles. The second-order valence-electron chi connectivity index (χ2n) is 15.7. The zero-order valence-electron chi connectivity index (χ0n) is 25.8. The number of fused-ring (bicyclic) bond motifs is 1. The van der Waals surface area contributed by atoms with Gasteiger partial charge in [0.25, 0.3) is 0 Å². The van der Waals surface area contributed by atoms with Crippen LogP contribution >= 0.6 is 0 Å². The summed E-state index contributed by atoms with van der Waals surface area (Å²) in [5.41, 5.74) is 9.85. The molecule has 0 saturated heterocycles. The van der Waals surface area contributed by atoms with E-state index in [0.29, 0.717) is 10.8 Å². The summed E-state index contributed by atoms with van der Waals surface area (Å²) in [5.74, 6) is 6.19. The Morgan fingerprint density at radius 2 is 1.45 bits per heavy atom. The fourth-order valence-electron chi connectivity index (χ4n) is 10.4. The monoisotopic (exact) mass is 518 g/mol. The third-order valence-electron chi connectivity index (χ3n) is 13.0. The number of rotatable bonds is 4. The molecule has 5 fully saturated rings. The van der Waals surface area contributed by atoms with Crippen LogP contribution in [0.4, 0.5) is 0 Å². The predicted octanol–water partition coefficient (Wildman–Crippen LogP) is 12.0. The first-order chi connectivity index (χ1) is 18.5. The normalized spacial score (nSPS) is 40.9. The van der Waals surface area contributed by atoms with Gasteiger partial charge in [-0.3, -0.25) is 0 Å². The van der Waals surface area contributed by atoms with Crippen LogP contribution in [0, 0.1) is 46.3 Å². The van der Waals surface area contributed by atoms with Crippen LogP contribution in [-0.2, 0) is 0 Å². The van der Waals surface area contributed by atoms with E-state index in [1.165, 1.54) is 77.0 Å². The van der Waals surface area contributed by atoms with Crippen molar-refractivity contribution < 1.29 is 0 Å². The van der Waals surface area contributed by atoms with Crippen molar-refractivity contribution in [1.82, 2.24) is 0 Å². The van der Waals surface area contributed by atoms with Crippen LogP contribution in [-0.4, -0.2) is 0 Å². The van der Waals surface area contributed by atoms with Gasteiger partial charge in [-0.25, -0.2) is 0 Å². The van der Waals surface area contributed by atoms with E-state index in [4.69, 9.17) is 0 Å². The van der Waals surface area contributed by atoms with E-state index in [1.807, 2.05) is 0 Å². The number of allylic oxidation sites excluding steroid dienone is 2. The number of hydrogen-bond donors (Lipinski definition) is 0. The lowest BCUT2D eigenvalue weighted by molar-refractivity contribution is 0.00241. The molecule has 0 N–H and O–H groups in total. The van der Waals surface area contributed by atoms with E-state index in [2.05, 4.69) is 38.3 Å². The standard InChI is InChI=1S/C38H62/c1-4-5-6-7-12-32-15-9-19-37(25-17-32)20-10-22-38(23-11-21-37)24-16-31(3)36-28-30(2)27-34(35(36)18-26-38)29-33-13-8-14-33/h6,30-31,33-36H,4-5,8-11,13-29H2,1-3H3. The van der Waals surface area contributed by atoms with Crippen LogP contribution < -0.4 is 0 Å². The van der Waals surface area contributed by atoms with Gasteiger partial charge in [0.1, 0.15) is 0 Å². The van der Waals surface area contributed by atoms with Crippen molar-refractivity contribution in [2.45, 2.75) is 168 Å². The molecule has 0 heteroatoms. The van der Waals surface area contributed by atoms with Crippen molar-refractivity contribution >= 4 is 0 Å². The van der Waals surface area contributed by atoms with Gasteiger partial charge in [0.05, 0.1) is 0 Å². The van der Waals surface area contributed by atoms with Gasteiger partial charge >= 0.3 is 0 Å². The summed E-state index contributed by atoms with van der Waals surface area (Å²) in [6.45, 7) is 7.51. The minimum Gasteiger partial charge on any atom is -0.0747 e. The molecule has 5 unspecified atom stereocenters. The summed E-state index contributed by atoms with van der Waals surface area (Å²) in [7, 11) is 0. The van der Waals surface area contributed by atoms with Crippen molar-refractivity contribution in [3.8, 4) is 0 Å². The molecule has 5 rings (SSSR count). The SMILES string of the molecule is CCCC=C=C=C1CCCC2(CCCC3(CCC2)CCC(C)C2CC(C)CC(CC4CCC4)C2CC3)CC1. The molecular formula is C38H62. The summed E-state index contributed by atoms with van der Waals surface area (Å²) in [5, 5.41) is 0. The first-order valence-corrected chi connectivity index (χ1v) is 17.7. The van der Waals surface area contributed by atoms with Gasteiger partial charge in [0.2, 0.25) is 0 Å². The Balaban J connectivity index is 1.21. The Morgan fingerprint density at radius 1 is 0.737 bits per heavy atom. The fourth-order valence-corrected chi connectivity index (χ4v) is 10.4. The minimum atomic E-state index is 0.644. The van der Waals surface area contributed by atoms with Crippen molar-refractivity contribution in [2.75, 3.05) is 0 Å². The fraction of sp³-hybridized carbons (Fsp3) is 0.895. The molecule has 0 bridgehead atoms.